The molecule has 0 aliphatic carbocycles. The zero-order chi connectivity index (χ0) is 8.43. The molecule has 0 N–H and O–H groups in total. The Kier molecular flexibility index (Phi) is 2.51. The van der Waals surface area contributed by atoms with Crippen LogP contribution in [0.15, 0.2) is 0 Å². The summed E-state index contributed by atoms with van der Waals surface area (Å²) in [5.41, 5.74) is 0. The number of likely N-dealkylation sites (tertiary alicyclic amines) is 1. The molecule has 0 radical (unpaired) electrons. The molecule has 0 aromatic carbocycles. The maximum Gasteiger partial charge on any atom is 0.0669 e. The van der Waals surface area contributed by atoms with Crippen LogP contribution in [-0.4, -0.2) is 23.5 Å². The van der Waals surface area contributed by atoms with Crippen molar-refractivity contribution in [3.63, 3.8) is 0 Å². The molecule has 2 atom stereocenters. The first kappa shape index (κ1) is 8.55. The smallest absolute Gasteiger partial charge is 0.0669 e. The van der Waals surface area contributed by atoms with E-state index in [1.165, 1.54) is 0 Å². The van der Waals surface area contributed by atoms with E-state index in [1.54, 1.807) is 0 Å². The van der Waals surface area contributed by atoms with Crippen molar-refractivity contribution >= 4 is 0 Å². The molecular weight excluding hydrogens is 136 g/mol. The lowest BCUT2D eigenvalue weighted by Gasteiger charge is -2.24. The second-order valence-electron chi connectivity index (χ2n) is 3.70. The highest BCUT2D eigenvalue weighted by Crippen LogP contribution is 2.23. The van der Waals surface area contributed by atoms with Gasteiger partial charge in [-0.1, -0.05) is 0 Å². The van der Waals surface area contributed by atoms with Crippen LogP contribution in [0.5, 0.6) is 0 Å². The number of nitriles is 1. The molecular formula is C9H16N2. The predicted octanol–water partition coefficient (Wildman–Crippen LogP) is 1.63. The SMILES string of the molecule is CC(C)N1CC(C#N)CC1C. The Balaban J connectivity index is 2.53. The minimum absolute atomic E-state index is 0.271. The normalized spacial score (nSPS) is 32.6. The van der Waals surface area contributed by atoms with Gasteiger partial charge in [0.15, 0.2) is 0 Å². The quantitative estimate of drug-likeness (QED) is 0.571. The maximum atomic E-state index is 8.71. The van der Waals surface area contributed by atoms with Crippen LogP contribution in [0.2, 0.25) is 0 Å². The molecule has 11 heavy (non-hydrogen) atoms. The molecule has 0 amide bonds. The minimum Gasteiger partial charge on any atom is -0.297 e. The highest BCUT2D eigenvalue weighted by atomic mass is 15.2. The van der Waals surface area contributed by atoms with Gasteiger partial charge in [0.1, 0.15) is 0 Å². The van der Waals surface area contributed by atoms with E-state index >= 15 is 0 Å². The lowest BCUT2D eigenvalue weighted by molar-refractivity contribution is 0.214. The predicted molar refractivity (Wildman–Crippen MR) is 45.0 cm³/mol. The topological polar surface area (TPSA) is 27.0 Å². The molecule has 1 aliphatic rings. The maximum absolute atomic E-state index is 8.71. The zero-order valence-electron chi connectivity index (χ0n) is 7.54. The summed E-state index contributed by atoms with van der Waals surface area (Å²) in [6.07, 6.45) is 1.05. The lowest BCUT2D eigenvalue weighted by atomic mass is 10.1. The Hall–Kier alpha value is -0.550. The van der Waals surface area contributed by atoms with E-state index in [4.69, 9.17) is 5.26 Å². The fourth-order valence-electron chi connectivity index (χ4n) is 1.87. The fourth-order valence-corrected chi connectivity index (χ4v) is 1.87. The molecule has 2 unspecified atom stereocenters. The van der Waals surface area contributed by atoms with Crippen molar-refractivity contribution in [1.82, 2.24) is 4.90 Å². The van der Waals surface area contributed by atoms with Gasteiger partial charge in [0.05, 0.1) is 12.0 Å². The standard InChI is InChI=1S/C9H16N2/c1-7(2)11-6-9(5-10)4-8(11)3/h7-9H,4,6H2,1-3H3. The molecule has 2 nitrogen and oxygen atoms in total. The summed E-state index contributed by atoms with van der Waals surface area (Å²) in [6, 6.07) is 3.52. The summed E-state index contributed by atoms with van der Waals surface area (Å²) < 4.78 is 0. The molecule has 2 heteroatoms. The van der Waals surface area contributed by atoms with Crippen LogP contribution in [0.3, 0.4) is 0 Å². The van der Waals surface area contributed by atoms with E-state index in [0.717, 1.165) is 13.0 Å². The summed E-state index contributed by atoms with van der Waals surface area (Å²) in [6.45, 7) is 7.55. The largest absolute Gasteiger partial charge is 0.297 e. The fraction of sp³-hybridized carbons (Fsp3) is 0.889. The van der Waals surface area contributed by atoms with Crippen molar-refractivity contribution in [2.24, 2.45) is 5.92 Å². The molecule has 1 fully saturated rings. The van der Waals surface area contributed by atoms with E-state index < -0.39 is 0 Å². The minimum atomic E-state index is 0.271. The molecule has 0 aromatic rings. The first-order chi connectivity index (χ1) is 5.15. The second kappa shape index (κ2) is 3.23. The van der Waals surface area contributed by atoms with Crippen LogP contribution in [0, 0.1) is 17.2 Å². The monoisotopic (exact) mass is 152 g/mol. The summed E-state index contributed by atoms with van der Waals surface area (Å²) >= 11 is 0. The van der Waals surface area contributed by atoms with Crippen LogP contribution >= 0.6 is 0 Å². The number of hydrogen-bond donors (Lipinski definition) is 0. The highest BCUT2D eigenvalue weighted by Gasteiger charge is 2.29. The van der Waals surface area contributed by atoms with Gasteiger partial charge in [-0.05, 0) is 27.2 Å². The van der Waals surface area contributed by atoms with Crippen LogP contribution in [0.25, 0.3) is 0 Å². The van der Waals surface area contributed by atoms with Crippen molar-refractivity contribution in [1.29, 1.82) is 5.26 Å². The van der Waals surface area contributed by atoms with E-state index in [-0.39, 0.29) is 5.92 Å². The van der Waals surface area contributed by atoms with Gasteiger partial charge >= 0.3 is 0 Å². The molecule has 1 aliphatic heterocycles. The lowest BCUT2D eigenvalue weighted by Crippen LogP contribution is -2.33. The number of hydrogen-bond acceptors (Lipinski definition) is 2. The Morgan fingerprint density at radius 2 is 2.18 bits per heavy atom. The third-order valence-corrected chi connectivity index (χ3v) is 2.47. The van der Waals surface area contributed by atoms with Crippen LogP contribution in [0.4, 0.5) is 0 Å². The molecule has 1 heterocycles. The summed E-state index contributed by atoms with van der Waals surface area (Å²) in [5.74, 6) is 0.271. The third-order valence-electron chi connectivity index (χ3n) is 2.47. The Morgan fingerprint density at radius 1 is 1.55 bits per heavy atom. The molecule has 0 aromatic heterocycles. The van der Waals surface area contributed by atoms with Crippen molar-refractivity contribution in [3.05, 3.63) is 0 Å². The number of rotatable bonds is 1. The second-order valence-corrected chi connectivity index (χ2v) is 3.70. The molecule has 62 valence electrons. The average Bonchev–Trinajstić information content (AvgIpc) is 2.30. The van der Waals surface area contributed by atoms with Crippen molar-refractivity contribution in [2.75, 3.05) is 6.54 Å². The van der Waals surface area contributed by atoms with Crippen LogP contribution in [0.1, 0.15) is 27.2 Å². The van der Waals surface area contributed by atoms with E-state index in [1.807, 2.05) is 0 Å². The van der Waals surface area contributed by atoms with Crippen molar-refractivity contribution in [3.8, 4) is 6.07 Å². The van der Waals surface area contributed by atoms with Gasteiger partial charge in [0, 0.05) is 18.6 Å². The van der Waals surface area contributed by atoms with Gasteiger partial charge in [0.2, 0.25) is 0 Å². The van der Waals surface area contributed by atoms with Crippen LogP contribution in [-0.2, 0) is 0 Å². The highest BCUT2D eigenvalue weighted by molar-refractivity contribution is 4.95. The van der Waals surface area contributed by atoms with E-state index in [9.17, 15) is 0 Å². The van der Waals surface area contributed by atoms with Crippen molar-refractivity contribution in [2.45, 2.75) is 39.3 Å². The summed E-state index contributed by atoms with van der Waals surface area (Å²) in [4.78, 5) is 2.40. The summed E-state index contributed by atoms with van der Waals surface area (Å²) in [5, 5.41) is 8.71. The van der Waals surface area contributed by atoms with Crippen LogP contribution < -0.4 is 0 Å². The van der Waals surface area contributed by atoms with Gasteiger partial charge in [-0.3, -0.25) is 4.90 Å². The van der Waals surface area contributed by atoms with Gasteiger partial charge in [-0.25, -0.2) is 0 Å². The summed E-state index contributed by atoms with van der Waals surface area (Å²) in [7, 11) is 0. The van der Waals surface area contributed by atoms with Gasteiger partial charge in [-0.2, -0.15) is 5.26 Å². The number of nitrogens with zero attached hydrogens (tertiary/aromatic N) is 2. The zero-order valence-corrected chi connectivity index (χ0v) is 7.54. The van der Waals surface area contributed by atoms with Gasteiger partial charge in [0.25, 0.3) is 0 Å². The molecule has 0 spiro atoms. The van der Waals surface area contributed by atoms with E-state index in [2.05, 4.69) is 31.7 Å². The van der Waals surface area contributed by atoms with E-state index in [0.29, 0.717) is 12.1 Å². The third kappa shape index (κ3) is 1.72. The average molecular weight is 152 g/mol. The van der Waals surface area contributed by atoms with Crippen molar-refractivity contribution < 1.29 is 0 Å². The Morgan fingerprint density at radius 3 is 2.45 bits per heavy atom. The molecule has 1 saturated heterocycles. The molecule has 1 rings (SSSR count). The Bertz CT molecular complexity index is 169. The Labute approximate surface area is 68.8 Å². The first-order valence-electron chi connectivity index (χ1n) is 4.30. The molecule has 0 bridgehead atoms. The van der Waals surface area contributed by atoms with Gasteiger partial charge in [-0.15, -0.1) is 0 Å². The molecule has 0 saturated carbocycles. The first-order valence-corrected chi connectivity index (χ1v) is 4.30. The van der Waals surface area contributed by atoms with Gasteiger partial charge < -0.3 is 0 Å².